The second-order valence-corrected chi connectivity index (χ2v) is 9.18. The van der Waals surface area contributed by atoms with Crippen LogP contribution < -0.4 is 10.1 Å². The van der Waals surface area contributed by atoms with Crippen molar-refractivity contribution in [3.05, 3.63) is 82.6 Å². The van der Waals surface area contributed by atoms with Gasteiger partial charge in [0.1, 0.15) is 6.61 Å². The van der Waals surface area contributed by atoms with Crippen molar-refractivity contribution >= 4 is 5.91 Å². The van der Waals surface area contributed by atoms with E-state index in [0.29, 0.717) is 19.0 Å². The molecule has 0 spiro atoms. The lowest BCUT2D eigenvalue weighted by atomic mass is 9.72. The van der Waals surface area contributed by atoms with Gasteiger partial charge in [-0.15, -0.1) is 0 Å². The van der Waals surface area contributed by atoms with Gasteiger partial charge in [-0.05, 0) is 69.6 Å². The van der Waals surface area contributed by atoms with Gasteiger partial charge in [0, 0.05) is 17.8 Å². The molecule has 0 bridgehead atoms. The summed E-state index contributed by atoms with van der Waals surface area (Å²) in [5, 5.41) is 2.83. The van der Waals surface area contributed by atoms with Crippen molar-refractivity contribution < 1.29 is 9.53 Å². The average molecular weight is 435 g/mol. The summed E-state index contributed by atoms with van der Waals surface area (Å²) < 4.78 is 5.54. The van der Waals surface area contributed by atoms with Crippen molar-refractivity contribution in [1.29, 1.82) is 0 Å². The molecule has 1 aromatic rings. The highest BCUT2D eigenvalue weighted by molar-refractivity contribution is 5.88. The third-order valence-corrected chi connectivity index (χ3v) is 5.65. The number of amides is 1. The fourth-order valence-electron chi connectivity index (χ4n) is 3.87. The Labute approximate surface area is 193 Å². The van der Waals surface area contributed by atoms with Crippen LogP contribution in [0.4, 0.5) is 0 Å². The van der Waals surface area contributed by atoms with E-state index in [0.717, 1.165) is 11.3 Å². The molecule has 32 heavy (non-hydrogen) atoms. The zero-order chi connectivity index (χ0) is 23.6. The molecule has 0 atom stereocenters. The third-order valence-electron chi connectivity index (χ3n) is 5.65. The van der Waals surface area contributed by atoms with E-state index < -0.39 is 0 Å². The van der Waals surface area contributed by atoms with Gasteiger partial charge in [-0.1, -0.05) is 61.4 Å². The van der Waals surface area contributed by atoms with Crippen molar-refractivity contribution in [3.63, 3.8) is 0 Å². The Morgan fingerprint density at radius 2 is 1.97 bits per heavy atom. The fraction of sp³-hybridized carbons (Fsp3) is 0.429. The normalized spacial score (nSPS) is 17.3. The number of carbonyl (C=O) groups is 1. The Balaban J connectivity index is 1.80. The molecule has 172 valence electrons. The van der Waals surface area contributed by atoms with Crippen LogP contribution in [0.1, 0.15) is 59.6 Å². The molecule has 2 rings (SSSR count). The Hall–Kier alpha value is -2.88. The Bertz CT molecular complexity index is 946. The first-order valence-electron chi connectivity index (χ1n) is 11.4. The van der Waals surface area contributed by atoms with Crippen molar-refractivity contribution in [2.75, 3.05) is 13.2 Å². The lowest BCUT2D eigenvalue weighted by Crippen LogP contribution is -2.26. The lowest BCUT2D eigenvalue weighted by Gasteiger charge is -2.32. The Morgan fingerprint density at radius 3 is 2.69 bits per heavy atom. The van der Waals surface area contributed by atoms with Gasteiger partial charge < -0.3 is 10.1 Å². The molecule has 4 heteroatoms. The average Bonchev–Trinajstić information content (AvgIpc) is 2.70. The molecule has 1 heterocycles. The summed E-state index contributed by atoms with van der Waals surface area (Å²) in [7, 11) is 0. The first kappa shape index (κ1) is 25.4. The molecule has 0 radical (unpaired) electrons. The molecule has 4 nitrogen and oxygen atoms in total. The number of allylic oxidation sites excluding steroid dienone is 9. The maximum absolute atomic E-state index is 12.1. The number of aryl methyl sites for hydroxylation is 1. The summed E-state index contributed by atoms with van der Waals surface area (Å²) >= 11 is 0. The smallest absolute Gasteiger partial charge is 0.244 e. The van der Waals surface area contributed by atoms with Gasteiger partial charge in [0.2, 0.25) is 11.8 Å². The van der Waals surface area contributed by atoms with Gasteiger partial charge >= 0.3 is 0 Å². The van der Waals surface area contributed by atoms with Crippen LogP contribution in [0, 0.1) is 12.3 Å². The van der Waals surface area contributed by atoms with Gasteiger partial charge in [0.25, 0.3) is 0 Å². The highest BCUT2D eigenvalue weighted by Crippen LogP contribution is 2.40. The van der Waals surface area contributed by atoms with E-state index in [9.17, 15) is 4.79 Å². The second kappa shape index (κ2) is 12.2. The summed E-state index contributed by atoms with van der Waals surface area (Å²) in [5.41, 5.74) is 6.21. The Morgan fingerprint density at radius 1 is 1.19 bits per heavy atom. The van der Waals surface area contributed by atoms with Crippen molar-refractivity contribution in [1.82, 2.24) is 10.3 Å². The standard InChI is InChI=1S/C28H38N2O2/c1-21(15-16-25-23(3)12-9-17-28(25,5)6)10-7-11-22(2)20-26(31)29-18-19-32-27-14-8-13-24(4)30-27/h7-8,10-11,13-16,20H,9,12,17-19H2,1-6H3,(H,29,31). The van der Waals surface area contributed by atoms with Crippen LogP contribution in [0.2, 0.25) is 0 Å². The van der Waals surface area contributed by atoms with Crippen LogP contribution in [0.5, 0.6) is 5.88 Å². The number of carbonyl (C=O) groups excluding carboxylic acids is 1. The molecule has 0 saturated heterocycles. The molecule has 0 unspecified atom stereocenters. The lowest BCUT2D eigenvalue weighted by molar-refractivity contribution is -0.116. The molecule has 0 saturated carbocycles. The zero-order valence-corrected chi connectivity index (χ0v) is 20.5. The topological polar surface area (TPSA) is 51.2 Å². The van der Waals surface area contributed by atoms with E-state index >= 15 is 0 Å². The minimum Gasteiger partial charge on any atom is -0.476 e. The van der Waals surface area contributed by atoms with Crippen LogP contribution in [-0.4, -0.2) is 24.0 Å². The van der Waals surface area contributed by atoms with Gasteiger partial charge in [-0.2, -0.15) is 0 Å². The van der Waals surface area contributed by atoms with Gasteiger partial charge in [-0.3, -0.25) is 4.79 Å². The second-order valence-electron chi connectivity index (χ2n) is 9.18. The fourth-order valence-corrected chi connectivity index (χ4v) is 3.87. The maximum atomic E-state index is 12.1. The highest BCUT2D eigenvalue weighted by atomic mass is 16.5. The molecule has 1 amide bonds. The van der Waals surface area contributed by atoms with Crippen molar-refractivity contribution in [2.45, 2.75) is 60.8 Å². The molecule has 0 fully saturated rings. The van der Waals surface area contributed by atoms with Crippen molar-refractivity contribution in [3.8, 4) is 5.88 Å². The number of pyridine rings is 1. The minimum absolute atomic E-state index is 0.129. The first-order valence-corrected chi connectivity index (χ1v) is 11.4. The maximum Gasteiger partial charge on any atom is 0.244 e. The summed E-state index contributed by atoms with van der Waals surface area (Å²) in [6, 6.07) is 5.62. The SMILES string of the molecule is CC(C=CC1=C(C)CCCC1(C)C)=CC=CC(C)=CC(=O)NCCOc1cccc(C)n1. The van der Waals surface area contributed by atoms with Crippen LogP contribution in [0.3, 0.4) is 0 Å². The molecule has 1 N–H and O–H groups in total. The van der Waals surface area contributed by atoms with Crippen LogP contribution in [0.15, 0.2) is 76.9 Å². The third kappa shape index (κ3) is 8.70. The first-order chi connectivity index (χ1) is 15.2. The number of hydrogen-bond acceptors (Lipinski definition) is 3. The number of ether oxygens (including phenoxy) is 1. The van der Waals surface area contributed by atoms with Gasteiger partial charge in [-0.25, -0.2) is 4.98 Å². The Kier molecular flexibility index (Phi) is 9.70. The van der Waals surface area contributed by atoms with E-state index in [-0.39, 0.29) is 11.3 Å². The van der Waals surface area contributed by atoms with Gasteiger partial charge in [0.15, 0.2) is 0 Å². The van der Waals surface area contributed by atoms with Crippen LogP contribution in [-0.2, 0) is 4.79 Å². The zero-order valence-electron chi connectivity index (χ0n) is 20.5. The quantitative estimate of drug-likeness (QED) is 0.277. The molecule has 0 aliphatic heterocycles. The number of rotatable bonds is 9. The predicted molar refractivity (Wildman–Crippen MR) is 134 cm³/mol. The molecule has 0 aromatic carbocycles. The molecule has 1 aliphatic rings. The van der Waals surface area contributed by atoms with Crippen molar-refractivity contribution in [2.24, 2.45) is 5.41 Å². The summed E-state index contributed by atoms with van der Waals surface area (Å²) in [6.07, 6.45) is 15.8. The monoisotopic (exact) mass is 434 g/mol. The minimum atomic E-state index is -0.129. The van der Waals surface area contributed by atoms with E-state index in [1.165, 1.54) is 36.0 Å². The number of aromatic nitrogens is 1. The largest absolute Gasteiger partial charge is 0.476 e. The number of nitrogens with zero attached hydrogens (tertiary/aromatic N) is 1. The van der Waals surface area contributed by atoms with E-state index in [2.05, 4.69) is 56.2 Å². The summed E-state index contributed by atoms with van der Waals surface area (Å²) in [4.78, 5) is 16.3. The van der Waals surface area contributed by atoms with E-state index in [1.807, 2.05) is 44.2 Å². The number of nitrogens with one attached hydrogen (secondary N) is 1. The molecule has 1 aliphatic carbocycles. The highest BCUT2D eigenvalue weighted by Gasteiger charge is 2.26. The van der Waals surface area contributed by atoms with E-state index in [1.54, 1.807) is 6.08 Å². The van der Waals surface area contributed by atoms with Gasteiger partial charge in [0.05, 0.1) is 6.54 Å². The molecular formula is C28H38N2O2. The number of hydrogen-bond donors (Lipinski definition) is 1. The van der Waals surface area contributed by atoms with E-state index in [4.69, 9.17) is 4.74 Å². The summed E-state index contributed by atoms with van der Waals surface area (Å²) in [6.45, 7) is 13.7. The van der Waals surface area contributed by atoms with Crippen LogP contribution >= 0.6 is 0 Å². The summed E-state index contributed by atoms with van der Waals surface area (Å²) in [5.74, 6) is 0.444. The predicted octanol–water partition coefficient (Wildman–Crippen LogP) is 6.42. The van der Waals surface area contributed by atoms with Crippen LogP contribution in [0.25, 0.3) is 0 Å². The molecule has 1 aromatic heterocycles. The molecular weight excluding hydrogens is 396 g/mol.